The van der Waals surface area contributed by atoms with Crippen molar-refractivity contribution >= 4 is 27.3 Å². The van der Waals surface area contributed by atoms with Crippen LogP contribution in [0.5, 0.6) is 5.06 Å². The summed E-state index contributed by atoms with van der Waals surface area (Å²) in [6, 6.07) is 2.11. The molecular formula is C10H14BrNOS. The van der Waals surface area contributed by atoms with Crippen molar-refractivity contribution in [2.75, 3.05) is 7.11 Å². The van der Waals surface area contributed by atoms with Gasteiger partial charge >= 0.3 is 0 Å². The minimum atomic E-state index is -0.0933. The molecule has 1 saturated carbocycles. The summed E-state index contributed by atoms with van der Waals surface area (Å²) in [6.45, 7) is 0. The number of halogens is 1. The fourth-order valence-electron chi connectivity index (χ4n) is 1.99. The Kier molecular flexibility index (Phi) is 2.86. The minimum Gasteiger partial charge on any atom is -0.486 e. The molecule has 4 heteroatoms. The highest BCUT2D eigenvalue weighted by Crippen LogP contribution is 2.44. The molecule has 2 nitrogen and oxygen atoms in total. The van der Waals surface area contributed by atoms with Gasteiger partial charge in [0.2, 0.25) is 0 Å². The van der Waals surface area contributed by atoms with Crippen molar-refractivity contribution in [1.82, 2.24) is 0 Å². The average molecular weight is 276 g/mol. The van der Waals surface area contributed by atoms with Gasteiger partial charge in [0.1, 0.15) is 0 Å². The van der Waals surface area contributed by atoms with Gasteiger partial charge < -0.3 is 10.5 Å². The van der Waals surface area contributed by atoms with Crippen LogP contribution in [-0.4, -0.2) is 7.11 Å². The summed E-state index contributed by atoms with van der Waals surface area (Å²) in [6.07, 6.45) is 4.69. The van der Waals surface area contributed by atoms with E-state index >= 15 is 0 Å². The van der Waals surface area contributed by atoms with Crippen LogP contribution in [0.25, 0.3) is 0 Å². The SMILES string of the molecule is COc1sc(C2(N)CCCC2)cc1Br. The third kappa shape index (κ3) is 1.71. The molecule has 0 aliphatic heterocycles. The molecule has 78 valence electrons. The first kappa shape index (κ1) is 10.5. The van der Waals surface area contributed by atoms with E-state index in [1.165, 1.54) is 17.7 Å². The Morgan fingerprint density at radius 1 is 1.50 bits per heavy atom. The van der Waals surface area contributed by atoms with E-state index < -0.39 is 0 Å². The molecule has 0 radical (unpaired) electrons. The van der Waals surface area contributed by atoms with Gasteiger partial charge in [-0.1, -0.05) is 12.8 Å². The van der Waals surface area contributed by atoms with Crippen LogP contribution >= 0.6 is 27.3 Å². The highest BCUT2D eigenvalue weighted by atomic mass is 79.9. The summed E-state index contributed by atoms with van der Waals surface area (Å²) in [5.74, 6) is 0. The van der Waals surface area contributed by atoms with Crippen LogP contribution in [0, 0.1) is 0 Å². The van der Waals surface area contributed by atoms with Gasteiger partial charge in [-0.25, -0.2) is 0 Å². The number of thiophene rings is 1. The zero-order chi connectivity index (χ0) is 10.2. The summed E-state index contributed by atoms with van der Waals surface area (Å²) >= 11 is 5.14. The molecular weight excluding hydrogens is 262 g/mol. The molecule has 0 aromatic carbocycles. The van der Waals surface area contributed by atoms with Crippen LogP contribution in [0.3, 0.4) is 0 Å². The maximum absolute atomic E-state index is 6.35. The summed E-state index contributed by atoms with van der Waals surface area (Å²) in [5.41, 5.74) is 6.26. The third-order valence-corrected chi connectivity index (χ3v) is 5.00. The lowest BCUT2D eigenvalue weighted by Gasteiger charge is -2.21. The lowest BCUT2D eigenvalue weighted by atomic mass is 9.97. The number of hydrogen-bond acceptors (Lipinski definition) is 3. The first-order chi connectivity index (χ1) is 6.65. The lowest BCUT2D eigenvalue weighted by Crippen LogP contribution is -2.31. The Morgan fingerprint density at radius 3 is 2.64 bits per heavy atom. The van der Waals surface area contributed by atoms with Crippen LogP contribution in [0.1, 0.15) is 30.6 Å². The normalized spacial score (nSPS) is 19.9. The molecule has 2 N–H and O–H groups in total. The van der Waals surface area contributed by atoms with Crippen LogP contribution in [0.2, 0.25) is 0 Å². The van der Waals surface area contributed by atoms with E-state index in [0.717, 1.165) is 22.4 Å². The van der Waals surface area contributed by atoms with Crippen molar-refractivity contribution in [2.45, 2.75) is 31.2 Å². The number of hydrogen-bond donors (Lipinski definition) is 1. The maximum Gasteiger partial charge on any atom is 0.188 e. The highest BCUT2D eigenvalue weighted by molar-refractivity contribution is 9.10. The molecule has 0 atom stereocenters. The van der Waals surface area contributed by atoms with Crippen molar-refractivity contribution in [3.05, 3.63) is 15.4 Å². The fraction of sp³-hybridized carbons (Fsp3) is 0.600. The molecule has 0 spiro atoms. The number of ether oxygens (including phenoxy) is 1. The molecule has 1 aliphatic carbocycles. The second kappa shape index (κ2) is 3.83. The van der Waals surface area contributed by atoms with Gasteiger partial charge in [0.15, 0.2) is 5.06 Å². The molecule has 1 aromatic heterocycles. The van der Waals surface area contributed by atoms with Crippen molar-refractivity contribution < 1.29 is 4.74 Å². The van der Waals surface area contributed by atoms with Gasteiger partial charge in [-0.05, 0) is 34.8 Å². The average Bonchev–Trinajstić information content (AvgIpc) is 2.73. The van der Waals surface area contributed by atoms with E-state index in [2.05, 4.69) is 22.0 Å². The largest absolute Gasteiger partial charge is 0.486 e. The van der Waals surface area contributed by atoms with E-state index in [9.17, 15) is 0 Å². The second-order valence-corrected chi connectivity index (χ2v) is 5.68. The molecule has 0 amide bonds. The number of nitrogens with two attached hydrogens (primary N) is 1. The first-order valence-corrected chi connectivity index (χ1v) is 6.39. The van der Waals surface area contributed by atoms with Crippen LogP contribution in [0.15, 0.2) is 10.5 Å². The van der Waals surface area contributed by atoms with Gasteiger partial charge in [-0.15, -0.1) is 11.3 Å². The zero-order valence-electron chi connectivity index (χ0n) is 8.18. The van der Waals surface area contributed by atoms with Crippen molar-refractivity contribution in [3.63, 3.8) is 0 Å². The molecule has 1 heterocycles. The second-order valence-electron chi connectivity index (χ2n) is 3.81. The molecule has 0 unspecified atom stereocenters. The van der Waals surface area contributed by atoms with Crippen LogP contribution in [-0.2, 0) is 5.54 Å². The number of rotatable bonds is 2. The Balaban J connectivity index is 2.31. The molecule has 2 rings (SSSR count). The van der Waals surface area contributed by atoms with E-state index in [1.807, 2.05) is 0 Å². The predicted molar refractivity (Wildman–Crippen MR) is 62.9 cm³/mol. The molecule has 1 aliphatic rings. The van der Waals surface area contributed by atoms with Crippen LogP contribution < -0.4 is 10.5 Å². The monoisotopic (exact) mass is 275 g/mol. The molecule has 1 aromatic rings. The molecule has 1 fully saturated rings. The van der Waals surface area contributed by atoms with Gasteiger partial charge in [-0.3, -0.25) is 0 Å². The van der Waals surface area contributed by atoms with Crippen molar-refractivity contribution in [1.29, 1.82) is 0 Å². The summed E-state index contributed by atoms with van der Waals surface area (Å²) in [5, 5.41) is 0.928. The quantitative estimate of drug-likeness (QED) is 0.900. The van der Waals surface area contributed by atoms with Gasteiger partial charge in [0, 0.05) is 4.88 Å². The number of methoxy groups -OCH3 is 1. The third-order valence-electron chi connectivity index (χ3n) is 2.83. The van der Waals surface area contributed by atoms with E-state index in [1.54, 1.807) is 18.4 Å². The van der Waals surface area contributed by atoms with Gasteiger partial charge in [-0.2, -0.15) is 0 Å². The van der Waals surface area contributed by atoms with Gasteiger partial charge in [0.05, 0.1) is 17.1 Å². The Hall–Kier alpha value is -0.0600. The lowest BCUT2D eigenvalue weighted by molar-refractivity contribution is 0.424. The smallest absolute Gasteiger partial charge is 0.188 e. The van der Waals surface area contributed by atoms with E-state index in [0.29, 0.717) is 0 Å². The van der Waals surface area contributed by atoms with E-state index in [-0.39, 0.29) is 5.54 Å². The highest BCUT2D eigenvalue weighted by Gasteiger charge is 2.33. The van der Waals surface area contributed by atoms with Gasteiger partial charge in [0.25, 0.3) is 0 Å². The molecule has 0 bridgehead atoms. The van der Waals surface area contributed by atoms with Crippen molar-refractivity contribution in [2.24, 2.45) is 5.73 Å². The Morgan fingerprint density at radius 2 is 2.14 bits per heavy atom. The Bertz CT molecular complexity index is 331. The Labute approximate surface area is 96.6 Å². The van der Waals surface area contributed by atoms with Crippen molar-refractivity contribution in [3.8, 4) is 5.06 Å². The van der Waals surface area contributed by atoms with Crippen LogP contribution in [0.4, 0.5) is 0 Å². The topological polar surface area (TPSA) is 35.2 Å². The standard InChI is InChI=1S/C10H14BrNOS/c1-13-9-7(11)6-8(14-9)10(12)4-2-3-5-10/h6H,2-5,12H2,1H3. The first-order valence-electron chi connectivity index (χ1n) is 4.78. The predicted octanol–water partition coefficient (Wildman–Crippen LogP) is 3.25. The zero-order valence-corrected chi connectivity index (χ0v) is 10.6. The summed E-state index contributed by atoms with van der Waals surface area (Å²) in [7, 11) is 1.69. The minimum absolute atomic E-state index is 0.0933. The molecule has 14 heavy (non-hydrogen) atoms. The molecule has 0 saturated heterocycles. The fourth-order valence-corrected chi connectivity index (χ4v) is 3.80. The summed E-state index contributed by atoms with van der Waals surface area (Å²) < 4.78 is 6.27. The van der Waals surface area contributed by atoms with E-state index in [4.69, 9.17) is 10.5 Å². The maximum atomic E-state index is 6.35. The summed E-state index contributed by atoms with van der Waals surface area (Å²) in [4.78, 5) is 1.25.